The van der Waals surface area contributed by atoms with Gasteiger partial charge in [0.15, 0.2) is 0 Å². The molecule has 0 aromatic heterocycles. The molecule has 4 nitrogen and oxygen atoms in total. The van der Waals surface area contributed by atoms with Crippen LogP contribution < -0.4 is 4.90 Å². The number of nitrogens with zero attached hydrogens (tertiary/aromatic N) is 2. The first-order valence-corrected chi connectivity index (χ1v) is 8.53. The van der Waals surface area contributed by atoms with Crippen LogP contribution in [0.3, 0.4) is 0 Å². The highest BCUT2D eigenvalue weighted by Crippen LogP contribution is 2.21. The summed E-state index contributed by atoms with van der Waals surface area (Å²) in [5, 5.41) is 10.3. The fourth-order valence-corrected chi connectivity index (χ4v) is 3.39. The van der Waals surface area contributed by atoms with Crippen molar-refractivity contribution in [1.82, 2.24) is 4.90 Å². The standard InChI is InChI=1S/C19H21ClN2O2/c20-17-9-5-4-6-15(17)14-18(19(23)24)22-12-10-21(11-13-22)16-7-2-1-3-8-16/h1-9,18H,10-14H2,(H,23,24)/t18-/m1/s1. The maximum Gasteiger partial charge on any atom is 0.321 e. The molecule has 0 saturated carbocycles. The third-order valence-electron chi connectivity index (χ3n) is 4.53. The molecule has 0 aliphatic carbocycles. The maximum atomic E-state index is 11.8. The van der Waals surface area contributed by atoms with Crippen LogP contribution in [0.2, 0.25) is 5.02 Å². The van der Waals surface area contributed by atoms with Crippen LogP contribution in [0.25, 0.3) is 0 Å². The van der Waals surface area contributed by atoms with Crippen LogP contribution in [0.15, 0.2) is 54.6 Å². The van der Waals surface area contributed by atoms with Crippen molar-refractivity contribution in [3.05, 3.63) is 65.2 Å². The van der Waals surface area contributed by atoms with Gasteiger partial charge in [-0.25, -0.2) is 0 Å². The number of anilines is 1. The van der Waals surface area contributed by atoms with Crippen LogP contribution >= 0.6 is 11.6 Å². The summed E-state index contributed by atoms with van der Waals surface area (Å²) < 4.78 is 0. The maximum absolute atomic E-state index is 11.8. The summed E-state index contributed by atoms with van der Waals surface area (Å²) in [6.45, 7) is 3.12. The first-order chi connectivity index (χ1) is 11.6. The van der Waals surface area contributed by atoms with Gasteiger partial charge in [0.25, 0.3) is 0 Å². The van der Waals surface area contributed by atoms with Gasteiger partial charge in [-0.05, 0) is 23.8 Å². The van der Waals surface area contributed by atoms with Crippen molar-refractivity contribution >= 4 is 23.3 Å². The van der Waals surface area contributed by atoms with Gasteiger partial charge in [-0.3, -0.25) is 9.69 Å². The second-order valence-corrected chi connectivity index (χ2v) is 6.42. The summed E-state index contributed by atoms with van der Waals surface area (Å²) in [4.78, 5) is 16.1. The van der Waals surface area contributed by atoms with Crippen molar-refractivity contribution in [3.8, 4) is 0 Å². The van der Waals surface area contributed by atoms with Crippen LogP contribution in [0.5, 0.6) is 0 Å². The average molecular weight is 345 g/mol. The van der Waals surface area contributed by atoms with E-state index in [0.29, 0.717) is 11.4 Å². The smallest absolute Gasteiger partial charge is 0.321 e. The predicted molar refractivity (Wildman–Crippen MR) is 96.8 cm³/mol. The van der Waals surface area contributed by atoms with Crippen LogP contribution in [0.1, 0.15) is 5.56 Å². The van der Waals surface area contributed by atoms with Gasteiger partial charge in [0, 0.05) is 43.3 Å². The highest BCUT2D eigenvalue weighted by Gasteiger charge is 2.29. The molecule has 0 spiro atoms. The predicted octanol–water partition coefficient (Wildman–Crippen LogP) is 3.16. The Morgan fingerprint density at radius 1 is 1.00 bits per heavy atom. The number of carboxylic acid groups (broad SMARTS) is 1. The van der Waals surface area contributed by atoms with E-state index in [-0.39, 0.29) is 0 Å². The van der Waals surface area contributed by atoms with Crippen LogP contribution in [0, 0.1) is 0 Å². The first-order valence-electron chi connectivity index (χ1n) is 8.15. The van der Waals surface area contributed by atoms with E-state index in [1.54, 1.807) is 0 Å². The van der Waals surface area contributed by atoms with Crippen molar-refractivity contribution in [2.75, 3.05) is 31.1 Å². The molecule has 1 heterocycles. The molecule has 1 saturated heterocycles. The molecule has 5 heteroatoms. The number of hydrogen-bond acceptors (Lipinski definition) is 3. The van der Waals surface area contributed by atoms with Crippen LogP contribution in [0.4, 0.5) is 5.69 Å². The fraction of sp³-hybridized carbons (Fsp3) is 0.316. The van der Waals surface area contributed by atoms with Crippen molar-refractivity contribution < 1.29 is 9.90 Å². The number of hydrogen-bond donors (Lipinski definition) is 1. The lowest BCUT2D eigenvalue weighted by Crippen LogP contribution is -2.53. The molecule has 0 amide bonds. The number of aliphatic carboxylic acids is 1. The molecule has 2 aromatic carbocycles. The Balaban J connectivity index is 1.66. The molecule has 0 bridgehead atoms. The molecule has 2 aromatic rings. The quantitative estimate of drug-likeness (QED) is 0.905. The van der Waals surface area contributed by atoms with Crippen LogP contribution in [-0.4, -0.2) is 48.2 Å². The molecule has 1 aliphatic heterocycles. The van der Waals surface area contributed by atoms with Crippen molar-refractivity contribution in [2.24, 2.45) is 0 Å². The minimum absolute atomic E-state index is 0.431. The minimum Gasteiger partial charge on any atom is -0.480 e. The summed E-state index contributed by atoms with van der Waals surface area (Å²) in [7, 11) is 0. The van der Waals surface area contributed by atoms with E-state index in [4.69, 9.17) is 11.6 Å². The Labute approximate surface area is 147 Å². The number of carbonyl (C=O) groups is 1. The topological polar surface area (TPSA) is 43.8 Å². The zero-order valence-corrected chi connectivity index (χ0v) is 14.2. The van der Waals surface area contributed by atoms with Gasteiger partial charge >= 0.3 is 5.97 Å². The van der Waals surface area contributed by atoms with Gasteiger partial charge in [0.2, 0.25) is 0 Å². The summed E-state index contributed by atoms with van der Waals surface area (Å²) in [6, 6.07) is 17.2. The number of para-hydroxylation sites is 1. The van der Waals surface area contributed by atoms with E-state index >= 15 is 0 Å². The second-order valence-electron chi connectivity index (χ2n) is 6.01. The molecule has 1 N–H and O–H groups in total. The second kappa shape index (κ2) is 7.69. The Kier molecular flexibility index (Phi) is 5.38. The van der Waals surface area contributed by atoms with E-state index in [0.717, 1.165) is 31.7 Å². The lowest BCUT2D eigenvalue weighted by atomic mass is 10.0. The third kappa shape index (κ3) is 3.89. The van der Waals surface area contributed by atoms with E-state index < -0.39 is 12.0 Å². The van der Waals surface area contributed by atoms with Gasteiger partial charge in [0.1, 0.15) is 6.04 Å². The zero-order chi connectivity index (χ0) is 16.9. The number of rotatable bonds is 5. The average Bonchev–Trinajstić information content (AvgIpc) is 2.62. The van der Waals surface area contributed by atoms with Crippen LogP contribution in [-0.2, 0) is 11.2 Å². The normalized spacial score (nSPS) is 16.8. The molecule has 24 heavy (non-hydrogen) atoms. The molecule has 1 aliphatic rings. The number of benzene rings is 2. The molecule has 1 atom stereocenters. The highest BCUT2D eigenvalue weighted by molar-refractivity contribution is 6.31. The fourth-order valence-electron chi connectivity index (χ4n) is 3.18. The van der Waals surface area contributed by atoms with Gasteiger partial charge in [-0.15, -0.1) is 0 Å². The number of carboxylic acids is 1. The molecule has 0 radical (unpaired) electrons. The molecule has 1 fully saturated rings. The van der Waals surface area contributed by atoms with E-state index in [1.807, 2.05) is 47.4 Å². The summed E-state index contributed by atoms with van der Waals surface area (Å²) >= 11 is 6.20. The third-order valence-corrected chi connectivity index (χ3v) is 4.90. The van der Waals surface area contributed by atoms with E-state index in [2.05, 4.69) is 17.0 Å². The largest absolute Gasteiger partial charge is 0.480 e. The molecular formula is C19H21ClN2O2. The van der Waals surface area contributed by atoms with E-state index in [9.17, 15) is 9.90 Å². The first kappa shape index (κ1) is 16.8. The zero-order valence-electron chi connectivity index (χ0n) is 13.4. The van der Waals surface area contributed by atoms with Gasteiger partial charge in [-0.2, -0.15) is 0 Å². The van der Waals surface area contributed by atoms with Crippen molar-refractivity contribution in [2.45, 2.75) is 12.5 Å². The molecule has 3 rings (SSSR count). The monoisotopic (exact) mass is 344 g/mol. The SMILES string of the molecule is O=C(O)[C@@H](Cc1ccccc1Cl)N1CCN(c2ccccc2)CC1. The van der Waals surface area contributed by atoms with Gasteiger partial charge < -0.3 is 10.0 Å². The minimum atomic E-state index is -0.789. The Hall–Kier alpha value is -2.04. The molecule has 0 unspecified atom stereocenters. The van der Waals surface area contributed by atoms with E-state index in [1.165, 1.54) is 5.69 Å². The molecule has 126 valence electrons. The Bertz CT molecular complexity index is 685. The Morgan fingerprint density at radius 3 is 2.25 bits per heavy atom. The number of halogens is 1. The van der Waals surface area contributed by atoms with Gasteiger partial charge in [-0.1, -0.05) is 48.0 Å². The lowest BCUT2D eigenvalue weighted by molar-refractivity contribution is -0.143. The molecular weight excluding hydrogens is 324 g/mol. The highest BCUT2D eigenvalue weighted by atomic mass is 35.5. The summed E-state index contributed by atoms with van der Waals surface area (Å²) in [5.74, 6) is -0.789. The number of piperazine rings is 1. The van der Waals surface area contributed by atoms with Crippen molar-refractivity contribution in [1.29, 1.82) is 0 Å². The summed E-state index contributed by atoms with van der Waals surface area (Å²) in [6.07, 6.45) is 0.431. The Morgan fingerprint density at radius 2 is 1.62 bits per heavy atom. The summed E-state index contributed by atoms with van der Waals surface area (Å²) in [5.41, 5.74) is 2.08. The van der Waals surface area contributed by atoms with Crippen molar-refractivity contribution in [3.63, 3.8) is 0 Å². The lowest BCUT2D eigenvalue weighted by Gasteiger charge is -2.38. The van der Waals surface area contributed by atoms with Gasteiger partial charge in [0.05, 0.1) is 0 Å².